The lowest BCUT2D eigenvalue weighted by Gasteiger charge is -2.31. The Balaban J connectivity index is 2.25. The molecule has 0 amide bonds. The van der Waals surface area contributed by atoms with E-state index in [-0.39, 0.29) is 5.82 Å². The standard InChI is InChI=1S/C12H19FN3O13P3/c1-2-4-12(6-26-31(22,23)29-32(24,25)28-30(19,20)21)9(17)8(13)10(27-12)16-5-3-7(14)15-11(16)18/h2-3,5,8-10,17H,1,4,6H2,(H,22,23)(H,24,25)(H2,14,15,18)(H2,19,20,21)/t8-,9+,10?,12-/m1/s1. The maximum absolute atomic E-state index is 14.8. The predicted octanol–water partition coefficient (Wildman–Crippen LogP) is -0.289. The normalized spacial score (nSPS) is 29.9. The minimum atomic E-state index is -5.80. The molecular formula is C12H19FN3O13P3. The van der Waals surface area contributed by atoms with Gasteiger partial charge in [-0.2, -0.15) is 13.6 Å². The van der Waals surface area contributed by atoms with Crippen LogP contribution in [0.1, 0.15) is 12.6 Å². The van der Waals surface area contributed by atoms with Crippen LogP contribution in [0, 0.1) is 0 Å². The Labute approximate surface area is 178 Å². The Morgan fingerprint density at radius 3 is 2.44 bits per heavy atom. The highest BCUT2D eigenvalue weighted by Gasteiger charge is 2.57. The van der Waals surface area contributed by atoms with Crippen LogP contribution >= 0.6 is 23.5 Å². The fraction of sp³-hybridized carbons (Fsp3) is 0.500. The van der Waals surface area contributed by atoms with Gasteiger partial charge in [-0.1, -0.05) is 6.08 Å². The molecule has 1 aliphatic rings. The molecule has 2 heterocycles. The minimum absolute atomic E-state index is 0.176. The van der Waals surface area contributed by atoms with Crippen molar-refractivity contribution in [1.29, 1.82) is 0 Å². The van der Waals surface area contributed by atoms with Crippen molar-refractivity contribution in [2.75, 3.05) is 12.3 Å². The molecule has 0 spiro atoms. The molecule has 32 heavy (non-hydrogen) atoms. The number of hydrogen-bond donors (Lipinski definition) is 6. The van der Waals surface area contributed by atoms with Crippen molar-refractivity contribution in [2.45, 2.75) is 30.5 Å². The molecule has 1 aliphatic heterocycles. The molecule has 7 N–H and O–H groups in total. The molecule has 0 aromatic carbocycles. The monoisotopic (exact) mass is 525 g/mol. The molecule has 1 aromatic rings. The van der Waals surface area contributed by atoms with Gasteiger partial charge >= 0.3 is 29.2 Å². The van der Waals surface area contributed by atoms with Crippen LogP contribution in [0.3, 0.4) is 0 Å². The number of anilines is 1. The van der Waals surface area contributed by atoms with Gasteiger partial charge in [0.1, 0.15) is 17.5 Å². The summed E-state index contributed by atoms with van der Waals surface area (Å²) < 4.78 is 66.5. The number of aliphatic hydroxyl groups excluding tert-OH is 1. The number of ether oxygens (including phenoxy) is 1. The molecule has 6 atom stereocenters. The van der Waals surface area contributed by atoms with Gasteiger partial charge in [0.2, 0.25) is 0 Å². The van der Waals surface area contributed by atoms with Crippen LogP contribution in [-0.4, -0.2) is 58.7 Å². The average molecular weight is 525 g/mol. The van der Waals surface area contributed by atoms with Crippen molar-refractivity contribution in [1.82, 2.24) is 9.55 Å². The third-order valence-electron chi connectivity index (χ3n) is 3.97. The van der Waals surface area contributed by atoms with E-state index in [0.29, 0.717) is 4.57 Å². The molecule has 0 bridgehead atoms. The van der Waals surface area contributed by atoms with Crippen LogP contribution in [-0.2, 0) is 31.6 Å². The highest BCUT2D eigenvalue weighted by Crippen LogP contribution is 2.66. The number of nitrogens with zero attached hydrogens (tertiary/aromatic N) is 2. The van der Waals surface area contributed by atoms with Crippen molar-refractivity contribution < 1.29 is 60.6 Å². The minimum Gasteiger partial charge on any atom is -0.387 e. The number of phosphoric acid groups is 3. The maximum atomic E-state index is 14.8. The second kappa shape index (κ2) is 9.50. The third-order valence-corrected chi connectivity index (χ3v) is 7.75. The number of nitrogen functional groups attached to an aromatic ring is 1. The molecule has 1 aromatic heterocycles. The highest BCUT2D eigenvalue weighted by molar-refractivity contribution is 7.66. The first-order valence-corrected chi connectivity index (χ1v) is 12.8. The Kier molecular flexibility index (Phi) is 8.00. The first kappa shape index (κ1) is 26.9. The smallest absolute Gasteiger partial charge is 0.387 e. The Morgan fingerprint density at radius 2 is 1.91 bits per heavy atom. The van der Waals surface area contributed by atoms with Crippen molar-refractivity contribution in [3.8, 4) is 0 Å². The van der Waals surface area contributed by atoms with Crippen molar-refractivity contribution in [3.05, 3.63) is 35.4 Å². The lowest BCUT2D eigenvalue weighted by molar-refractivity contribution is -0.124. The van der Waals surface area contributed by atoms with E-state index in [1.54, 1.807) is 0 Å². The van der Waals surface area contributed by atoms with Gasteiger partial charge in [-0.05, 0) is 12.5 Å². The number of aliphatic hydroxyl groups is 1. The molecule has 1 fully saturated rings. The van der Waals surface area contributed by atoms with Crippen LogP contribution in [0.4, 0.5) is 10.2 Å². The van der Waals surface area contributed by atoms with Gasteiger partial charge in [0, 0.05) is 6.20 Å². The zero-order chi connectivity index (χ0) is 24.5. The van der Waals surface area contributed by atoms with Crippen LogP contribution < -0.4 is 11.4 Å². The molecule has 3 unspecified atom stereocenters. The van der Waals surface area contributed by atoms with E-state index in [9.17, 15) is 37.8 Å². The Bertz CT molecular complexity index is 1060. The van der Waals surface area contributed by atoms with E-state index in [2.05, 4.69) is 24.7 Å². The van der Waals surface area contributed by atoms with Crippen molar-refractivity contribution >= 4 is 29.3 Å². The number of nitrogens with two attached hydrogens (primary N) is 1. The summed E-state index contributed by atoms with van der Waals surface area (Å²) in [5.41, 5.74) is 2.17. The van der Waals surface area contributed by atoms with Crippen molar-refractivity contribution in [2.24, 2.45) is 0 Å². The number of aromatic nitrogens is 2. The molecule has 0 saturated carbocycles. The molecule has 1 saturated heterocycles. The van der Waals surface area contributed by atoms with E-state index in [1.807, 2.05) is 0 Å². The number of phosphoric ester groups is 1. The quantitative estimate of drug-likeness (QED) is 0.170. The van der Waals surface area contributed by atoms with Gasteiger partial charge in [0.25, 0.3) is 0 Å². The van der Waals surface area contributed by atoms with Crippen LogP contribution in [0.2, 0.25) is 0 Å². The third kappa shape index (κ3) is 6.60. The van der Waals surface area contributed by atoms with E-state index < -0.39 is 66.3 Å². The predicted molar refractivity (Wildman–Crippen MR) is 101 cm³/mol. The van der Waals surface area contributed by atoms with Gasteiger partial charge in [0.15, 0.2) is 12.4 Å². The molecule has 16 nitrogen and oxygen atoms in total. The van der Waals surface area contributed by atoms with Gasteiger partial charge in [0.05, 0.1) is 6.61 Å². The highest BCUT2D eigenvalue weighted by atomic mass is 31.3. The molecule has 0 aliphatic carbocycles. The lowest BCUT2D eigenvalue weighted by Crippen LogP contribution is -2.45. The van der Waals surface area contributed by atoms with Gasteiger partial charge in [-0.3, -0.25) is 9.09 Å². The lowest BCUT2D eigenvalue weighted by atomic mass is 9.93. The molecular weight excluding hydrogens is 506 g/mol. The van der Waals surface area contributed by atoms with Gasteiger partial charge in [-0.25, -0.2) is 22.9 Å². The fourth-order valence-electron chi connectivity index (χ4n) is 2.74. The molecule has 2 rings (SSSR count). The SMILES string of the molecule is C=CC[C@]1(COP(=O)(O)OP(=O)(O)OP(=O)(O)O)OC(n2ccc(N)nc2=O)[C@H](F)[C@@H]1O. The van der Waals surface area contributed by atoms with Crippen molar-refractivity contribution in [3.63, 3.8) is 0 Å². The topological polar surface area (TPSA) is 250 Å². The number of halogens is 1. The second-order valence-electron chi connectivity index (χ2n) is 6.36. The van der Waals surface area contributed by atoms with E-state index in [0.717, 1.165) is 18.3 Å². The molecule has 182 valence electrons. The fourth-order valence-corrected chi connectivity index (χ4v) is 5.81. The summed E-state index contributed by atoms with van der Waals surface area (Å²) in [4.78, 5) is 51.2. The summed E-state index contributed by atoms with van der Waals surface area (Å²) in [5.74, 6) is -0.176. The number of hydrogen-bond acceptors (Lipinski definition) is 11. The molecule has 0 radical (unpaired) electrons. The largest absolute Gasteiger partial charge is 0.490 e. The number of alkyl halides is 1. The first-order valence-electron chi connectivity index (χ1n) is 8.25. The van der Waals surface area contributed by atoms with Gasteiger partial charge < -0.3 is 35.2 Å². The Hall–Kier alpha value is -1.32. The van der Waals surface area contributed by atoms with E-state index in [1.165, 1.54) is 0 Å². The van der Waals surface area contributed by atoms with Crippen LogP contribution in [0.25, 0.3) is 0 Å². The van der Waals surface area contributed by atoms with Crippen LogP contribution in [0.15, 0.2) is 29.7 Å². The summed E-state index contributed by atoms with van der Waals surface area (Å²) >= 11 is 0. The van der Waals surface area contributed by atoms with E-state index >= 15 is 0 Å². The summed E-state index contributed by atoms with van der Waals surface area (Å²) in [7, 11) is -17.0. The summed E-state index contributed by atoms with van der Waals surface area (Å²) in [6.45, 7) is 2.21. The van der Waals surface area contributed by atoms with E-state index in [4.69, 9.17) is 20.3 Å². The van der Waals surface area contributed by atoms with Gasteiger partial charge in [-0.15, -0.1) is 6.58 Å². The maximum Gasteiger partial charge on any atom is 0.490 e. The van der Waals surface area contributed by atoms with Crippen LogP contribution in [0.5, 0.6) is 0 Å². The zero-order valence-electron chi connectivity index (χ0n) is 15.8. The summed E-state index contributed by atoms with van der Waals surface area (Å²) in [6, 6.07) is 1.14. The summed E-state index contributed by atoms with van der Waals surface area (Å²) in [6.07, 6.45) is -4.43. The average Bonchev–Trinajstić information content (AvgIpc) is 2.83. The molecule has 20 heteroatoms. The zero-order valence-corrected chi connectivity index (χ0v) is 18.5. The summed E-state index contributed by atoms with van der Waals surface area (Å²) in [5, 5.41) is 10.4. The second-order valence-corrected chi connectivity index (χ2v) is 10.8. The number of rotatable bonds is 10. The first-order chi connectivity index (χ1) is 14.5. The Morgan fingerprint density at radius 1 is 1.28 bits per heavy atom.